The van der Waals surface area contributed by atoms with Crippen molar-refractivity contribution in [3.8, 4) is 12.3 Å². The van der Waals surface area contributed by atoms with Crippen molar-refractivity contribution >= 4 is 17.7 Å². The van der Waals surface area contributed by atoms with Crippen LogP contribution in [0.1, 0.15) is 19.9 Å². The summed E-state index contributed by atoms with van der Waals surface area (Å²) in [5.41, 5.74) is 0. The lowest BCUT2D eigenvalue weighted by atomic mass is 10.4. The molecule has 0 aliphatic rings. The number of nitrogens with one attached hydrogen (secondary N) is 1. The van der Waals surface area contributed by atoms with Crippen LogP contribution in [0, 0.1) is 12.3 Å². The Bertz CT molecular complexity index is 516. The molecule has 0 atom stereocenters. The van der Waals surface area contributed by atoms with Gasteiger partial charge in [-0.15, -0.1) is 6.42 Å². The molecule has 1 rings (SSSR count). The highest BCUT2D eigenvalue weighted by molar-refractivity contribution is 5.91. The molecule has 7 nitrogen and oxygen atoms in total. The first-order chi connectivity index (χ1) is 9.43. The molecule has 0 saturated heterocycles. The molecule has 0 spiro atoms. The van der Waals surface area contributed by atoms with Gasteiger partial charge in [-0.2, -0.15) is 5.10 Å². The minimum absolute atomic E-state index is 0.0836. The van der Waals surface area contributed by atoms with Gasteiger partial charge in [0.15, 0.2) is 0 Å². The number of hydrogen-bond donors (Lipinski definition) is 2. The van der Waals surface area contributed by atoms with Gasteiger partial charge < -0.3 is 10.4 Å². The molecule has 7 heteroatoms. The number of nitrogens with zero attached hydrogens (tertiary/aromatic N) is 3. The number of anilines is 1. The largest absolute Gasteiger partial charge is 0.480 e. The van der Waals surface area contributed by atoms with Crippen molar-refractivity contribution < 1.29 is 14.7 Å². The summed E-state index contributed by atoms with van der Waals surface area (Å²) in [6.07, 6.45) is 6.74. The van der Waals surface area contributed by atoms with Gasteiger partial charge in [0.25, 0.3) is 0 Å². The zero-order valence-electron chi connectivity index (χ0n) is 11.5. The van der Waals surface area contributed by atoms with Gasteiger partial charge in [0.2, 0.25) is 5.91 Å². The van der Waals surface area contributed by atoms with Crippen LogP contribution in [0.2, 0.25) is 0 Å². The summed E-state index contributed by atoms with van der Waals surface area (Å²) in [6, 6.07) is 1.79. The van der Waals surface area contributed by atoms with Crippen molar-refractivity contribution in [1.82, 2.24) is 14.7 Å². The van der Waals surface area contributed by atoms with Crippen molar-refractivity contribution in [2.45, 2.75) is 19.9 Å². The van der Waals surface area contributed by atoms with Crippen molar-refractivity contribution in [2.24, 2.45) is 0 Å². The van der Waals surface area contributed by atoms with E-state index in [4.69, 9.17) is 11.5 Å². The summed E-state index contributed by atoms with van der Waals surface area (Å²) in [6.45, 7) is 3.62. The average molecular weight is 278 g/mol. The number of amides is 1. The molecule has 0 aromatic carbocycles. The lowest BCUT2D eigenvalue weighted by molar-refractivity contribution is -0.138. The van der Waals surface area contributed by atoms with Gasteiger partial charge in [-0.3, -0.25) is 14.5 Å². The molecule has 108 valence electrons. The second kappa shape index (κ2) is 7.31. The molecule has 20 heavy (non-hydrogen) atoms. The summed E-state index contributed by atoms with van der Waals surface area (Å²) in [7, 11) is 0. The molecule has 0 unspecified atom stereocenters. The quantitative estimate of drug-likeness (QED) is 0.706. The summed E-state index contributed by atoms with van der Waals surface area (Å²) < 4.78 is 1.67. The van der Waals surface area contributed by atoms with Crippen LogP contribution in [0.25, 0.3) is 0 Å². The van der Waals surface area contributed by atoms with Gasteiger partial charge in [0.1, 0.15) is 5.82 Å². The molecule has 1 amide bonds. The van der Waals surface area contributed by atoms with E-state index in [1.54, 1.807) is 16.9 Å². The Labute approximate surface area is 117 Å². The smallest absolute Gasteiger partial charge is 0.317 e. The van der Waals surface area contributed by atoms with E-state index < -0.39 is 5.97 Å². The molecular weight excluding hydrogens is 260 g/mol. The molecule has 0 aliphatic carbocycles. The van der Waals surface area contributed by atoms with Crippen molar-refractivity contribution in [3.05, 3.63) is 12.3 Å². The van der Waals surface area contributed by atoms with Gasteiger partial charge in [-0.05, 0) is 13.8 Å². The zero-order valence-corrected chi connectivity index (χ0v) is 11.5. The topological polar surface area (TPSA) is 87.5 Å². The predicted molar refractivity (Wildman–Crippen MR) is 74.2 cm³/mol. The van der Waals surface area contributed by atoms with Gasteiger partial charge >= 0.3 is 5.97 Å². The van der Waals surface area contributed by atoms with Crippen LogP contribution >= 0.6 is 0 Å². The highest BCUT2D eigenvalue weighted by atomic mass is 16.4. The summed E-state index contributed by atoms with van der Waals surface area (Å²) in [4.78, 5) is 23.9. The van der Waals surface area contributed by atoms with Gasteiger partial charge in [0.05, 0.1) is 25.8 Å². The van der Waals surface area contributed by atoms with Crippen LogP contribution in [-0.2, 0) is 9.59 Å². The summed E-state index contributed by atoms with van der Waals surface area (Å²) >= 11 is 0. The molecule has 0 radical (unpaired) electrons. The molecule has 0 aliphatic heterocycles. The number of carboxylic acid groups (broad SMARTS) is 1. The van der Waals surface area contributed by atoms with Crippen LogP contribution in [0.3, 0.4) is 0 Å². The molecule has 1 heterocycles. The number of carboxylic acids is 1. The Morgan fingerprint density at radius 2 is 2.25 bits per heavy atom. The minimum atomic E-state index is -1.03. The van der Waals surface area contributed by atoms with Crippen molar-refractivity contribution in [2.75, 3.05) is 25.0 Å². The summed E-state index contributed by atoms with van der Waals surface area (Å²) in [5.74, 6) is 1.55. The van der Waals surface area contributed by atoms with E-state index in [0.29, 0.717) is 5.82 Å². The van der Waals surface area contributed by atoms with Crippen LogP contribution < -0.4 is 5.32 Å². The van der Waals surface area contributed by atoms with E-state index in [1.807, 2.05) is 13.8 Å². The maximum Gasteiger partial charge on any atom is 0.317 e. The second-order valence-corrected chi connectivity index (χ2v) is 4.55. The van der Waals surface area contributed by atoms with E-state index in [1.165, 1.54) is 4.90 Å². The first-order valence-electron chi connectivity index (χ1n) is 6.15. The number of aromatic nitrogens is 2. The normalized spacial score (nSPS) is 10.6. The van der Waals surface area contributed by atoms with E-state index in [9.17, 15) is 9.59 Å². The van der Waals surface area contributed by atoms with Crippen molar-refractivity contribution in [3.63, 3.8) is 0 Å². The fourth-order valence-corrected chi connectivity index (χ4v) is 1.70. The standard InChI is InChI=1S/C13H18N4O3/c1-4-7-16(9-13(19)20)8-12(18)15-11-5-6-14-17(11)10(2)3/h1,5-6,10H,7-9H2,2-3H3,(H,15,18)(H,19,20). The van der Waals surface area contributed by atoms with E-state index in [0.717, 1.165) is 0 Å². The number of aliphatic carboxylic acids is 1. The minimum Gasteiger partial charge on any atom is -0.480 e. The molecule has 1 aromatic heterocycles. The number of rotatable bonds is 7. The molecule has 2 N–H and O–H groups in total. The Balaban J connectivity index is 2.63. The monoisotopic (exact) mass is 278 g/mol. The second-order valence-electron chi connectivity index (χ2n) is 4.55. The third kappa shape index (κ3) is 4.74. The van der Waals surface area contributed by atoms with E-state index in [-0.39, 0.29) is 31.6 Å². The third-order valence-corrected chi connectivity index (χ3v) is 2.47. The van der Waals surface area contributed by atoms with Gasteiger partial charge in [-0.25, -0.2) is 4.68 Å². The molecule has 0 saturated carbocycles. The third-order valence-electron chi connectivity index (χ3n) is 2.47. The average Bonchev–Trinajstić information content (AvgIpc) is 2.76. The highest BCUT2D eigenvalue weighted by Crippen LogP contribution is 2.12. The first kappa shape index (κ1) is 15.7. The van der Waals surface area contributed by atoms with Gasteiger partial charge in [-0.1, -0.05) is 5.92 Å². The maximum atomic E-state index is 11.9. The summed E-state index contributed by atoms with van der Waals surface area (Å²) in [5, 5.41) is 15.5. The molecule has 0 fully saturated rings. The van der Waals surface area contributed by atoms with E-state index >= 15 is 0 Å². The number of terminal acetylenes is 1. The highest BCUT2D eigenvalue weighted by Gasteiger charge is 2.15. The van der Waals surface area contributed by atoms with Crippen LogP contribution in [0.5, 0.6) is 0 Å². The van der Waals surface area contributed by atoms with Crippen molar-refractivity contribution in [1.29, 1.82) is 0 Å². The Morgan fingerprint density at radius 3 is 2.80 bits per heavy atom. The molecule has 0 bridgehead atoms. The Kier molecular flexibility index (Phi) is 5.74. The SMILES string of the molecule is C#CCN(CC(=O)O)CC(=O)Nc1ccnn1C(C)C. The first-order valence-corrected chi connectivity index (χ1v) is 6.15. The maximum absolute atomic E-state index is 11.9. The Hall–Kier alpha value is -2.33. The van der Waals surface area contributed by atoms with Crippen LogP contribution in [0.4, 0.5) is 5.82 Å². The van der Waals surface area contributed by atoms with Crippen LogP contribution in [-0.4, -0.2) is 51.3 Å². The van der Waals surface area contributed by atoms with Gasteiger partial charge in [0, 0.05) is 12.1 Å². The fraction of sp³-hybridized carbons (Fsp3) is 0.462. The van der Waals surface area contributed by atoms with E-state index in [2.05, 4.69) is 16.3 Å². The number of carbonyl (C=O) groups excluding carboxylic acids is 1. The molecule has 1 aromatic rings. The predicted octanol–water partition coefficient (Wildman–Crippen LogP) is 0.422. The fourth-order valence-electron chi connectivity index (χ4n) is 1.70. The number of carbonyl (C=O) groups is 2. The lowest BCUT2D eigenvalue weighted by Crippen LogP contribution is -2.37. The Morgan fingerprint density at radius 1 is 1.55 bits per heavy atom. The molecular formula is C13H18N4O3. The number of hydrogen-bond acceptors (Lipinski definition) is 4. The van der Waals surface area contributed by atoms with Crippen LogP contribution in [0.15, 0.2) is 12.3 Å². The zero-order chi connectivity index (χ0) is 15.1. The lowest BCUT2D eigenvalue weighted by Gasteiger charge is -2.17.